The van der Waals surface area contributed by atoms with Gasteiger partial charge in [-0.2, -0.15) is 0 Å². The Hall–Kier alpha value is -3.40. The number of ketones is 4. The number of fused-ring (bicyclic) bond motifs is 3. The van der Waals surface area contributed by atoms with Crippen molar-refractivity contribution in [3.63, 3.8) is 0 Å². The Kier molecular flexibility index (Phi) is 6.73. The van der Waals surface area contributed by atoms with E-state index < -0.39 is 64.4 Å². The fourth-order valence-corrected chi connectivity index (χ4v) is 6.75. The van der Waals surface area contributed by atoms with E-state index in [2.05, 4.69) is 34.4 Å². The molecule has 1 amide bonds. The third-order valence-corrected chi connectivity index (χ3v) is 8.85. The summed E-state index contributed by atoms with van der Waals surface area (Å²) in [6.45, 7) is 0. The van der Waals surface area contributed by atoms with Crippen molar-refractivity contribution in [1.82, 2.24) is 4.90 Å². The molecule has 2 aromatic carbocycles. The summed E-state index contributed by atoms with van der Waals surface area (Å²) in [5.74, 6) is -4.58. The van der Waals surface area contributed by atoms with Gasteiger partial charge in [-0.25, -0.2) is 0 Å². The Bertz CT molecular complexity index is 1520. The van der Waals surface area contributed by atoms with E-state index in [1.54, 1.807) is 20.2 Å². The average Bonchev–Trinajstić information content (AvgIpc) is 2.86. The minimum absolute atomic E-state index is 0.0104. The second kappa shape index (κ2) is 9.66. The first-order valence-corrected chi connectivity index (χ1v) is 13.4. The molecular weight excluding hydrogens is 615 g/mol. The zero-order chi connectivity index (χ0) is 28.4. The first-order valence-electron chi connectivity index (χ1n) is 12.3. The maximum absolute atomic E-state index is 13.8. The molecule has 0 radical (unpaired) electrons. The molecular formula is C29H25IN2O7. The molecule has 0 aromatic heterocycles. The standard InChI is InChI=1S/C29H25IN2O7/c1-32(2)23-18-12-15-11-17-14(6-3-13-4-8-16(30)9-5-13)7-10-19(33)21(17)24(34)20(15)26(36)29(18,39)27(37)22(25(23)35)28(31)38/h4-5,7-10,15,18,20,22-23,33,39H,11-12H2,1-2H3,(H2,31,38)/t15-,18-,20?,22?,23-,29-/m0/s1. The van der Waals surface area contributed by atoms with Crippen LogP contribution >= 0.6 is 22.6 Å². The summed E-state index contributed by atoms with van der Waals surface area (Å²) >= 11 is 2.19. The largest absolute Gasteiger partial charge is 0.507 e. The lowest BCUT2D eigenvalue weighted by Crippen LogP contribution is -2.74. The normalized spacial score (nSPS) is 29.7. The first-order chi connectivity index (χ1) is 18.4. The number of hydrogen-bond donors (Lipinski definition) is 3. The van der Waals surface area contributed by atoms with Gasteiger partial charge in [0.05, 0.1) is 17.5 Å². The molecule has 10 heteroatoms. The molecule has 200 valence electrons. The highest BCUT2D eigenvalue weighted by atomic mass is 127. The summed E-state index contributed by atoms with van der Waals surface area (Å²) < 4.78 is 1.05. The van der Waals surface area contributed by atoms with E-state index >= 15 is 0 Å². The number of rotatable bonds is 2. The maximum atomic E-state index is 13.8. The highest BCUT2D eigenvalue weighted by Crippen LogP contribution is 2.50. The predicted molar refractivity (Wildman–Crippen MR) is 146 cm³/mol. The molecule has 0 heterocycles. The predicted octanol–water partition coefficient (Wildman–Crippen LogP) is 0.871. The second-order valence-corrected chi connectivity index (χ2v) is 11.8. The monoisotopic (exact) mass is 640 g/mol. The average molecular weight is 640 g/mol. The lowest BCUT2D eigenvalue weighted by molar-refractivity contribution is -0.181. The highest BCUT2D eigenvalue weighted by molar-refractivity contribution is 14.1. The number of phenolic OH excluding ortho intramolecular Hbond substituents is 1. The van der Waals surface area contributed by atoms with Gasteiger partial charge >= 0.3 is 0 Å². The molecule has 0 saturated heterocycles. The summed E-state index contributed by atoms with van der Waals surface area (Å²) in [5.41, 5.74) is 4.26. The van der Waals surface area contributed by atoms with Crippen LogP contribution in [0.2, 0.25) is 0 Å². The highest BCUT2D eigenvalue weighted by Gasteiger charge is 2.69. The number of aromatic hydroxyl groups is 1. The van der Waals surface area contributed by atoms with E-state index in [4.69, 9.17) is 5.73 Å². The number of likely N-dealkylation sites (N-methyl/N-ethyl adjacent to an activating group) is 1. The van der Waals surface area contributed by atoms with Crippen LogP contribution in [-0.4, -0.2) is 69.9 Å². The number of nitrogens with two attached hydrogens (primary N) is 1. The Morgan fingerprint density at radius 2 is 1.72 bits per heavy atom. The molecule has 2 aromatic rings. The lowest BCUT2D eigenvalue weighted by Gasteiger charge is -2.52. The molecule has 3 aliphatic carbocycles. The number of phenols is 1. The molecule has 5 rings (SSSR count). The number of aliphatic hydroxyl groups is 1. The number of primary amides is 1. The molecule has 39 heavy (non-hydrogen) atoms. The lowest BCUT2D eigenvalue weighted by atomic mass is 9.52. The van der Waals surface area contributed by atoms with Crippen molar-refractivity contribution in [1.29, 1.82) is 0 Å². The molecule has 2 saturated carbocycles. The van der Waals surface area contributed by atoms with Crippen LogP contribution < -0.4 is 5.73 Å². The van der Waals surface area contributed by atoms with Gasteiger partial charge in [-0.05, 0) is 97.4 Å². The number of hydrogen-bond acceptors (Lipinski definition) is 8. The maximum Gasteiger partial charge on any atom is 0.235 e. The van der Waals surface area contributed by atoms with Gasteiger partial charge in [0.25, 0.3) is 0 Å². The van der Waals surface area contributed by atoms with Crippen molar-refractivity contribution in [2.75, 3.05) is 14.1 Å². The van der Waals surface area contributed by atoms with Crippen molar-refractivity contribution >= 4 is 51.6 Å². The van der Waals surface area contributed by atoms with Gasteiger partial charge in [-0.3, -0.25) is 28.9 Å². The number of benzene rings is 2. The van der Waals surface area contributed by atoms with Crippen LogP contribution in [0.25, 0.3) is 0 Å². The third kappa shape index (κ3) is 4.11. The molecule has 0 aliphatic heterocycles. The number of halogens is 1. The van der Waals surface area contributed by atoms with Crippen LogP contribution in [0.1, 0.15) is 33.5 Å². The van der Waals surface area contributed by atoms with E-state index in [0.717, 1.165) is 9.13 Å². The fourth-order valence-electron chi connectivity index (χ4n) is 6.39. The van der Waals surface area contributed by atoms with Gasteiger partial charge in [0, 0.05) is 20.6 Å². The SMILES string of the molecule is CN(C)[C@@H]1C(=O)C(C(N)=O)C(=O)[C@@]2(O)C(=O)C3C(=O)c4c(O)ccc(C#Cc5ccc(I)cc5)c4C[C@H]3C[C@@H]12. The van der Waals surface area contributed by atoms with E-state index in [1.807, 2.05) is 24.3 Å². The quantitative estimate of drug-likeness (QED) is 0.248. The Labute approximate surface area is 237 Å². The van der Waals surface area contributed by atoms with Crippen LogP contribution in [0.5, 0.6) is 5.75 Å². The topological polar surface area (TPSA) is 155 Å². The molecule has 9 nitrogen and oxygen atoms in total. The first kappa shape index (κ1) is 27.2. The molecule has 0 spiro atoms. The van der Waals surface area contributed by atoms with Gasteiger partial charge in [0.1, 0.15) is 5.75 Å². The molecule has 2 unspecified atom stereocenters. The molecule has 4 N–H and O–H groups in total. The molecule has 0 bridgehead atoms. The van der Waals surface area contributed by atoms with Crippen LogP contribution in [-0.2, 0) is 25.6 Å². The molecule has 6 atom stereocenters. The number of amides is 1. The number of Topliss-reactive ketones (excluding diaryl/α,β-unsaturated/α-hetero) is 4. The summed E-state index contributed by atoms with van der Waals surface area (Å²) in [4.78, 5) is 67.6. The zero-order valence-corrected chi connectivity index (χ0v) is 23.3. The fraction of sp³-hybridized carbons (Fsp3) is 0.345. The Morgan fingerprint density at radius 3 is 2.33 bits per heavy atom. The third-order valence-electron chi connectivity index (χ3n) is 8.13. The van der Waals surface area contributed by atoms with Gasteiger partial charge in [-0.1, -0.05) is 11.8 Å². The van der Waals surface area contributed by atoms with E-state index in [9.17, 15) is 34.2 Å². The van der Waals surface area contributed by atoms with Crippen molar-refractivity contribution in [3.05, 3.63) is 62.2 Å². The van der Waals surface area contributed by atoms with E-state index in [0.29, 0.717) is 11.1 Å². The number of carbonyl (C=O) groups excluding carboxylic acids is 5. The van der Waals surface area contributed by atoms with Crippen LogP contribution in [0.15, 0.2) is 36.4 Å². The van der Waals surface area contributed by atoms with Gasteiger partial charge in [-0.15, -0.1) is 0 Å². The van der Waals surface area contributed by atoms with Crippen molar-refractivity contribution in [3.8, 4) is 17.6 Å². The Balaban J connectivity index is 1.61. The summed E-state index contributed by atoms with van der Waals surface area (Å²) in [6, 6.07) is 9.34. The number of nitrogens with zero attached hydrogens (tertiary/aromatic N) is 1. The van der Waals surface area contributed by atoms with Crippen LogP contribution in [0, 0.1) is 39.1 Å². The zero-order valence-electron chi connectivity index (χ0n) is 21.1. The Morgan fingerprint density at radius 1 is 1.05 bits per heavy atom. The van der Waals surface area contributed by atoms with Crippen molar-refractivity contribution in [2.45, 2.75) is 24.5 Å². The summed E-state index contributed by atoms with van der Waals surface area (Å²) in [7, 11) is 3.09. The van der Waals surface area contributed by atoms with Gasteiger partial charge in [0.2, 0.25) is 5.91 Å². The van der Waals surface area contributed by atoms with Gasteiger partial charge < -0.3 is 15.9 Å². The van der Waals surface area contributed by atoms with Crippen molar-refractivity contribution < 1.29 is 34.2 Å². The smallest absolute Gasteiger partial charge is 0.235 e. The molecule has 2 fully saturated rings. The molecule has 3 aliphatic rings. The van der Waals surface area contributed by atoms with Crippen LogP contribution in [0.3, 0.4) is 0 Å². The minimum Gasteiger partial charge on any atom is -0.507 e. The van der Waals surface area contributed by atoms with Crippen molar-refractivity contribution in [2.24, 2.45) is 29.4 Å². The number of carbonyl (C=O) groups is 5. The minimum atomic E-state index is -2.74. The summed E-state index contributed by atoms with van der Waals surface area (Å²) in [5, 5.41) is 22.3. The van der Waals surface area contributed by atoms with E-state index in [1.165, 1.54) is 11.0 Å². The second-order valence-electron chi connectivity index (χ2n) is 10.5. The van der Waals surface area contributed by atoms with Crippen LogP contribution in [0.4, 0.5) is 0 Å². The van der Waals surface area contributed by atoms with Gasteiger partial charge in [0.15, 0.2) is 34.7 Å². The van der Waals surface area contributed by atoms with E-state index in [-0.39, 0.29) is 24.2 Å². The summed E-state index contributed by atoms with van der Waals surface area (Å²) in [6.07, 6.45) is 0.153.